The normalized spacial score (nSPS) is 30.8. The first kappa shape index (κ1) is 27.4. The Balaban J connectivity index is 1.86. The van der Waals surface area contributed by atoms with Crippen molar-refractivity contribution in [3.63, 3.8) is 0 Å². The van der Waals surface area contributed by atoms with Crippen LogP contribution in [0, 0.1) is 38.0 Å². The number of carbonyl (C=O) groups is 1. The summed E-state index contributed by atoms with van der Waals surface area (Å²) >= 11 is 1.10. The number of benzene rings is 1. The van der Waals surface area contributed by atoms with Crippen molar-refractivity contribution in [1.29, 1.82) is 0 Å². The third-order valence-corrected chi connectivity index (χ3v) is 9.86. The van der Waals surface area contributed by atoms with E-state index in [0.717, 1.165) is 66.3 Å². The standard InChI is InChI=1S/C29H47NO3S/c1-10-27(6,16-22-13-11-12-18(2)29(22,8)30)17-28(7)15-14-23-21(5)24(32-26(31)34-9)19(3)20(4)25(23)33-28/h18,22H,10-17,30H2,1-9H3. The first-order valence-electron chi connectivity index (χ1n) is 13.1. The zero-order chi connectivity index (χ0) is 25.5. The first-order chi connectivity index (χ1) is 15.8. The Morgan fingerprint density at radius 1 is 1.21 bits per heavy atom. The molecule has 1 aliphatic carbocycles. The summed E-state index contributed by atoms with van der Waals surface area (Å²) in [5, 5.41) is -0.269. The summed E-state index contributed by atoms with van der Waals surface area (Å²) in [6, 6.07) is 0. The molecule has 1 aliphatic heterocycles. The van der Waals surface area contributed by atoms with Crippen molar-refractivity contribution in [2.45, 2.75) is 118 Å². The molecule has 0 aromatic heterocycles. The smallest absolute Gasteiger partial charge is 0.372 e. The van der Waals surface area contributed by atoms with Crippen LogP contribution in [-0.2, 0) is 6.42 Å². The van der Waals surface area contributed by atoms with E-state index in [0.29, 0.717) is 17.6 Å². The molecule has 1 fully saturated rings. The fraction of sp³-hybridized carbons (Fsp3) is 0.759. The van der Waals surface area contributed by atoms with Crippen LogP contribution in [-0.4, -0.2) is 22.7 Å². The zero-order valence-corrected chi connectivity index (χ0v) is 23.8. The highest BCUT2D eigenvalue weighted by atomic mass is 32.2. The third kappa shape index (κ3) is 5.31. The van der Waals surface area contributed by atoms with Gasteiger partial charge < -0.3 is 15.2 Å². The highest BCUT2D eigenvalue weighted by Crippen LogP contribution is 2.50. The molecule has 5 heteroatoms. The van der Waals surface area contributed by atoms with Crippen LogP contribution in [0.4, 0.5) is 4.79 Å². The number of hydrogen-bond acceptors (Lipinski definition) is 5. The van der Waals surface area contributed by atoms with Crippen LogP contribution in [0.1, 0.15) is 102 Å². The van der Waals surface area contributed by atoms with Gasteiger partial charge in [0.1, 0.15) is 17.1 Å². The molecule has 0 amide bonds. The average molecular weight is 490 g/mol. The quantitative estimate of drug-likeness (QED) is 0.411. The van der Waals surface area contributed by atoms with Crippen LogP contribution in [0.2, 0.25) is 0 Å². The van der Waals surface area contributed by atoms with Crippen LogP contribution < -0.4 is 15.2 Å². The van der Waals surface area contributed by atoms with E-state index in [9.17, 15) is 4.79 Å². The Labute approximate surface area is 212 Å². The van der Waals surface area contributed by atoms with E-state index in [2.05, 4.69) is 48.5 Å². The van der Waals surface area contributed by atoms with E-state index in [1.165, 1.54) is 24.8 Å². The van der Waals surface area contributed by atoms with Gasteiger partial charge in [-0.2, -0.15) is 0 Å². The number of fused-ring (bicyclic) bond motifs is 1. The molecule has 2 aliphatic rings. The molecule has 3 rings (SSSR count). The molecule has 192 valence electrons. The molecule has 5 atom stereocenters. The second-order valence-corrected chi connectivity index (χ2v) is 12.8. The van der Waals surface area contributed by atoms with Gasteiger partial charge in [-0.25, -0.2) is 4.79 Å². The molecule has 0 bridgehead atoms. The monoisotopic (exact) mass is 489 g/mol. The molecule has 1 aromatic rings. The van der Waals surface area contributed by atoms with Gasteiger partial charge in [0.05, 0.1) is 0 Å². The summed E-state index contributed by atoms with van der Waals surface area (Å²) in [4.78, 5) is 12.0. The maximum atomic E-state index is 12.0. The molecule has 1 saturated carbocycles. The summed E-state index contributed by atoms with van der Waals surface area (Å²) in [6.45, 7) is 17.9. The number of hydrogen-bond donors (Lipinski definition) is 1. The molecule has 0 radical (unpaired) electrons. The second kappa shape index (κ2) is 10.0. The van der Waals surface area contributed by atoms with E-state index in [-0.39, 0.29) is 21.9 Å². The lowest BCUT2D eigenvalue weighted by atomic mass is 9.61. The SMILES string of the molecule is CCC(C)(CC1CCCC(C)C1(C)N)CC1(C)CCc2c(C)c(OC(=O)SC)c(C)c(C)c2O1. The van der Waals surface area contributed by atoms with Crippen molar-refractivity contribution in [3.8, 4) is 11.5 Å². The fourth-order valence-electron chi connectivity index (χ4n) is 6.54. The Morgan fingerprint density at radius 2 is 1.88 bits per heavy atom. The molecule has 34 heavy (non-hydrogen) atoms. The fourth-order valence-corrected chi connectivity index (χ4v) is 6.71. The molecule has 1 heterocycles. The summed E-state index contributed by atoms with van der Waals surface area (Å²) in [6.07, 6.45) is 10.7. The molecule has 0 spiro atoms. The lowest BCUT2D eigenvalue weighted by Gasteiger charge is -2.49. The van der Waals surface area contributed by atoms with Crippen LogP contribution in [0.15, 0.2) is 0 Å². The van der Waals surface area contributed by atoms with Crippen molar-refractivity contribution in [2.75, 3.05) is 6.26 Å². The van der Waals surface area contributed by atoms with Crippen molar-refractivity contribution < 1.29 is 14.3 Å². The predicted molar refractivity (Wildman–Crippen MR) is 144 cm³/mol. The van der Waals surface area contributed by atoms with Gasteiger partial charge in [-0.1, -0.05) is 33.6 Å². The van der Waals surface area contributed by atoms with Crippen molar-refractivity contribution in [3.05, 3.63) is 22.3 Å². The number of rotatable bonds is 6. The van der Waals surface area contributed by atoms with E-state index in [1.807, 2.05) is 6.92 Å². The number of carbonyl (C=O) groups excluding carboxylic acids is 1. The van der Waals surface area contributed by atoms with Gasteiger partial charge in [0.25, 0.3) is 0 Å². The largest absolute Gasteiger partial charge is 0.487 e. The van der Waals surface area contributed by atoms with E-state index in [1.54, 1.807) is 6.26 Å². The van der Waals surface area contributed by atoms with E-state index in [4.69, 9.17) is 15.2 Å². The van der Waals surface area contributed by atoms with Gasteiger partial charge in [0.15, 0.2) is 0 Å². The number of thioether (sulfide) groups is 1. The molecule has 1 aromatic carbocycles. The third-order valence-electron chi connectivity index (χ3n) is 9.44. The van der Waals surface area contributed by atoms with Crippen molar-refractivity contribution >= 4 is 17.1 Å². The minimum atomic E-state index is -0.269. The van der Waals surface area contributed by atoms with E-state index >= 15 is 0 Å². The Bertz CT molecular complexity index is 927. The zero-order valence-electron chi connectivity index (χ0n) is 23.0. The molecular weight excluding hydrogens is 442 g/mol. The molecule has 2 N–H and O–H groups in total. The van der Waals surface area contributed by atoms with Gasteiger partial charge in [-0.05, 0) is 125 Å². The van der Waals surface area contributed by atoms with Crippen LogP contribution >= 0.6 is 11.8 Å². The minimum absolute atomic E-state index is 0.0922. The summed E-state index contributed by atoms with van der Waals surface area (Å²) in [5.74, 6) is 2.83. The molecule has 0 saturated heterocycles. The highest BCUT2D eigenvalue weighted by Gasteiger charge is 2.45. The topological polar surface area (TPSA) is 61.5 Å². The molecular formula is C29H47NO3S. The van der Waals surface area contributed by atoms with Crippen LogP contribution in [0.5, 0.6) is 11.5 Å². The summed E-state index contributed by atoms with van der Waals surface area (Å²) in [5.41, 5.74) is 11.1. The number of ether oxygens (including phenoxy) is 2. The van der Waals surface area contributed by atoms with Gasteiger partial charge in [0.2, 0.25) is 0 Å². The summed E-state index contributed by atoms with van der Waals surface area (Å²) < 4.78 is 12.6. The lowest BCUT2D eigenvalue weighted by Crippen LogP contribution is -2.53. The maximum absolute atomic E-state index is 12.0. The van der Waals surface area contributed by atoms with Gasteiger partial charge in [0, 0.05) is 11.1 Å². The Hall–Kier alpha value is -1.20. The van der Waals surface area contributed by atoms with Crippen LogP contribution in [0.25, 0.3) is 0 Å². The molecule has 5 unspecified atom stereocenters. The Kier molecular flexibility index (Phi) is 8.09. The van der Waals surface area contributed by atoms with Crippen molar-refractivity contribution in [2.24, 2.45) is 23.0 Å². The Morgan fingerprint density at radius 3 is 2.50 bits per heavy atom. The lowest BCUT2D eigenvalue weighted by molar-refractivity contribution is -0.00622. The predicted octanol–water partition coefficient (Wildman–Crippen LogP) is 7.91. The van der Waals surface area contributed by atoms with Crippen molar-refractivity contribution in [1.82, 2.24) is 0 Å². The van der Waals surface area contributed by atoms with Gasteiger partial charge in [-0.15, -0.1) is 0 Å². The average Bonchev–Trinajstić information content (AvgIpc) is 2.78. The second-order valence-electron chi connectivity index (χ2n) is 12.1. The van der Waals surface area contributed by atoms with Gasteiger partial charge >= 0.3 is 5.30 Å². The summed E-state index contributed by atoms with van der Waals surface area (Å²) in [7, 11) is 0. The minimum Gasteiger partial charge on any atom is -0.487 e. The van der Waals surface area contributed by atoms with Gasteiger partial charge in [-0.3, -0.25) is 0 Å². The first-order valence-corrected chi connectivity index (χ1v) is 14.4. The maximum Gasteiger partial charge on any atom is 0.372 e. The van der Waals surface area contributed by atoms with E-state index < -0.39 is 0 Å². The number of nitrogens with two attached hydrogens (primary N) is 1. The highest BCUT2D eigenvalue weighted by molar-refractivity contribution is 8.12. The van der Waals surface area contributed by atoms with Crippen LogP contribution in [0.3, 0.4) is 0 Å². The molecule has 4 nitrogen and oxygen atoms in total.